The Bertz CT molecular complexity index is 621. The highest BCUT2D eigenvalue weighted by Gasteiger charge is 2.19. The minimum Gasteiger partial charge on any atom is -0.497 e. The molecule has 1 N–H and O–H groups in total. The van der Waals surface area contributed by atoms with Gasteiger partial charge < -0.3 is 9.84 Å². The molecule has 1 heterocycles. The molecule has 1 unspecified atom stereocenters. The number of hydrogen-bond acceptors (Lipinski definition) is 4. The highest BCUT2D eigenvalue weighted by molar-refractivity contribution is 7.12. The number of thiazole rings is 1. The molecule has 0 saturated carbocycles. The van der Waals surface area contributed by atoms with Crippen LogP contribution in [0.5, 0.6) is 5.75 Å². The van der Waals surface area contributed by atoms with Crippen molar-refractivity contribution in [2.75, 3.05) is 7.11 Å². The fraction of sp³-hybridized carbons (Fsp3) is 0.333. The molecule has 0 bridgehead atoms. The van der Waals surface area contributed by atoms with Crippen LogP contribution in [0.4, 0.5) is 0 Å². The van der Waals surface area contributed by atoms with Gasteiger partial charge >= 0.3 is 5.97 Å². The molecule has 1 atom stereocenters. The molecule has 0 saturated heterocycles. The molecule has 0 spiro atoms. The molecule has 1 aromatic heterocycles. The zero-order chi connectivity index (χ0) is 14.7. The molecule has 20 heavy (non-hydrogen) atoms. The molecule has 0 aliphatic rings. The minimum atomic E-state index is -0.792. The van der Waals surface area contributed by atoms with E-state index in [4.69, 9.17) is 9.84 Å². The van der Waals surface area contributed by atoms with Gasteiger partial charge in [0.05, 0.1) is 24.2 Å². The van der Waals surface area contributed by atoms with Crippen molar-refractivity contribution in [3.8, 4) is 17.0 Å². The Kier molecular flexibility index (Phi) is 4.39. The number of aromatic nitrogens is 1. The Morgan fingerprint density at radius 3 is 2.90 bits per heavy atom. The Morgan fingerprint density at radius 2 is 2.25 bits per heavy atom. The summed E-state index contributed by atoms with van der Waals surface area (Å²) in [6.07, 6.45) is 0.110. The molecule has 0 radical (unpaired) electrons. The molecule has 2 aromatic rings. The number of carboxylic acid groups (broad SMARTS) is 1. The smallest absolute Gasteiger partial charge is 0.303 e. The Labute approximate surface area is 122 Å². The van der Waals surface area contributed by atoms with Gasteiger partial charge in [0.25, 0.3) is 0 Å². The van der Waals surface area contributed by atoms with Crippen LogP contribution in [0.15, 0.2) is 24.3 Å². The van der Waals surface area contributed by atoms with Crippen molar-refractivity contribution in [3.05, 3.63) is 34.2 Å². The number of ether oxygens (including phenoxy) is 1. The predicted octanol–water partition coefficient (Wildman–Crippen LogP) is 3.71. The maximum absolute atomic E-state index is 10.9. The topological polar surface area (TPSA) is 59.4 Å². The number of rotatable bonds is 5. The number of carboxylic acids is 1. The van der Waals surface area contributed by atoms with E-state index in [2.05, 4.69) is 4.98 Å². The van der Waals surface area contributed by atoms with Gasteiger partial charge in [0.1, 0.15) is 5.75 Å². The van der Waals surface area contributed by atoms with Gasteiger partial charge in [-0.1, -0.05) is 19.1 Å². The molecule has 1 aromatic carbocycles. The summed E-state index contributed by atoms with van der Waals surface area (Å²) in [7, 11) is 1.62. The fourth-order valence-corrected chi connectivity index (χ4v) is 3.11. The molecule has 5 heteroatoms. The third kappa shape index (κ3) is 3.17. The van der Waals surface area contributed by atoms with Crippen LogP contribution >= 0.6 is 11.3 Å². The van der Waals surface area contributed by atoms with Gasteiger partial charge in [-0.05, 0) is 19.1 Å². The highest BCUT2D eigenvalue weighted by atomic mass is 32.1. The highest BCUT2D eigenvalue weighted by Crippen LogP contribution is 2.36. The van der Waals surface area contributed by atoms with Crippen LogP contribution in [-0.2, 0) is 4.79 Å². The van der Waals surface area contributed by atoms with Gasteiger partial charge in [-0.15, -0.1) is 11.3 Å². The normalized spacial score (nSPS) is 12.2. The van der Waals surface area contributed by atoms with E-state index in [1.807, 2.05) is 38.1 Å². The van der Waals surface area contributed by atoms with E-state index in [0.717, 1.165) is 26.9 Å². The fourth-order valence-electron chi connectivity index (χ4n) is 2.11. The predicted molar refractivity (Wildman–Crippen MR) is 79.5 cm³/mol. The van der Waals surface area contributed by atoms with Crippen molar-refractivity contribution in [2.24, 2.45) is 0 Å². The monoisotopic (exact) mass is 291 g/mol. The van der Waals surface area contributed by atoms with Crippen LogP contribution in [0, 0.1) is 6.92 Å². The van der Waals surface area contributed by atoms with Crippen molar-refractivity contribution >= 4 is 17.3 Å². The first-order valence-corrected chi connectivity index (χ1v) is 7.16. The van der Waals surface area contributed by atoms with Crippen LogP contribution in [0.25, 0.3) is 11.3 Å². The largest absolute Gasteiger partial charge is 0.497 e. The standard InChI is InChI=1S/C15H17NO3S/c1-9(7-13(17)18)15-14(16-10(2)20-15)11-5-4-6-12(8-11)19-3/h4-6,8-9H,7H2,1-3H3,(H,17,18). The first-order valence-electron chi connectivity index (χ1n) is 6.34. The maximum atomic E-state index is 10.9. The number of hydrogen-bond donors (Lipinski definition) is 1. The number of aliphatic carboxylic acids is 1. The van der Waals surface area contributed by atoms with Crippen LogP contribution in [0.1, 0.15) is 29.1 Å². The van der Waals surface area contributed by atoms with E-state index < -0.39 is 5.97 Å². The van der Waals surface area contributed by atoms with Gasteiger partial charge in [0, 0.05) is 16.4 Å². The Morgan fingerprint density at radius 1 is 1.50 bits per heavy atom. The summed E-state index contributed by atoms with van der Waals surface area (Å²) in [4.78, 5) is 16.5. The van der Waals surface area contributed by atoms with Crippen LogP contribution in [-0.4, -0.2) is 23.2 Å². The quantitative estimate of drug-likeness (QED) is 0.912. The lowest BCUT2D eigenvalue weighted by atomic mass is 10.0. The molecule has 0 aliphatic carbocycles. The number of aryl methyl sites for hydroxylation is 1. The minimum absolute atomic E-state index is 0.0556. The average Bonchev–Trinajstić information content (AvgIpc) is 2.80. The Hall–Kier alpha value is -1.88. The van der Waals surface area contributed by atoms with E-state index in [0.29, 0.717) is 0 Å². The van der Waals surface area contributed by atoms with E-state index in [1.54, 1.807) is 18.4 Å². The van der Waals surface area contributed by atoms with E-state index in [-0.39, 0.29) is 12.3 Å². The first kappa shape index (κ1) is 14.5. The number of methoxy groups -OCH3 is 1. The van der Waals surface area contributed by atoms with E-state index in [9.17, 15) is 4.79 Å². The van der Waals surface area contributed by atoms with Gasteiger partial charge in [-0.2, -0.15) is 0 Å². The zero-order valence-electron chi connectivity index (χ0n) is 11.7. The summed E-state index contributed by atoms with van der Waals surface area (Å²) in [6, 6.07) is 7.68. The van der Waals surface area contributed by atoms with Crippen LogP contribution < -0.4 is 4.74 Å². The number of nitrogens with zero attached hydrogens (tertiary/aromatic N) is 1. The van der Waals surface area contributed by atoms with Crippen LogP contribution in [0.2, 0.25) is 0 Å². The van der Waals surface area contributed by atoms with Gasteiger partial charge in [-0.3, -0.25) is 4.79 Å². The second-order valence-corrected chi connectivity index (χ2v) is 5.91. The summed E-state index contributed by atoms with van der Waals surface area (Å²) in [5.41, 5.74) is 1.82. The zero-order valence-corrected chi connectivity index (χ0v) is 12.5. The summed E-state index contributed by atoms with van der Waals surface area (Å²) in [5.74, 6) is -0.0787. The van der Waals surface area contributed by atoms with Crippen LogP contribution in [0.3, 0.4) is 0 Å². The van der Waals surface area contributed by atoms with Crippen molar-refractivity contribution in [2.45, 2.75) is 26.2 Å². The summed E-state index contributed by atoms with van der Waals surface area (Å²) < 4.78 is 5.23. The van der Waals surface area contributed by atoms with Crippen molar-refractivity contribution in [3.63, 3.8) is 0 Å². The average molecular weight is 291 g/mol. The Balaban J connectivity index is 2.43. The molecule has 2 rings (SSSR count). The lowest BCUT2D eigenvalue weighted by molar-refractivity contribution is -0.137. The molecule has 4 nitrogen and oxygen atoms in total. The first-order chi connectivity index (χ1) is 9.51. The molecule has 0 aliphatic heterocycles. The number of carbonyl (C=O) groups is 1. The maximum Gasteiger partial charge on any atom is 0.303 e. The lowest BCUT2D eigenvalue weighted by Crippen LogP contribution is -2.02. The SMILES string of the molecule is COc1cccc(-c2nc(C)sc2C(C)CC(=O)O)c1. The second kappa shape index (κ2) is 6.05. The number of benzene rings is 1. The second-order valence-electron chi connectivity index (χ2n) is 4.68. The lowest BCUT2D eigenvalue weighted by Gasteiger charge is -2.09. The third-order valence-corrected chi connectivity index (χ3v) is 4.23. The molecule has 0 fully saturated rings. The molecule has 0 amide bonds. The molecular formula is C15H17NO3S. The van der Waals surface area contributed by atoms with Crippen molar-refractivity contribution in [1.82, 2.24) is 4.98 Å². The van der Waals surface area contributed by atoms with Gasteiger partial charge in [-0.25, -0.2) is 4.98 Å². The van der Waals surface area contributed by atoms with Crippen molar-refractivity contribution in [1.29, 1.82) is 0 Å². The van der Waals surface area contributed by atoms with Gasteiger partial charge in [0.2, 0.25) is 0 Å². The van der Waals surface area contributed by atoms with E-state index in [1.165, 1.54) is 0 Å². The third-order valence-electron chi connectivity index (χ3n) is 3.03. The molecular weight excluding hydrogens is 274 g/mol. The van der Waals surface area contributed by atoms with Crippen molar-refractivity contribution < 1.29 is 14.6 Å². The molecule has 106 valence electrons. The van der Waals surface area contributed by atoms with E-state index >= 15 is 0 Å². The summed E-state index contributed by atoms with van der Waals surface area (Å²) in [6.45, 7) is 3.86. The summed E-state index contributed by atoms with van der Waals surface area (Å²) in [5, 5.41) is 9.90. The summed E-state index contributed by atoms with van der Waals surface area (Å²) >= 11 is 1.56. The van der Waals surface area contributed by atoms with Gasteiger partial charge in [0.15, 0.2) is 0 Å².